The maximum Gasteiger partial charge on any atom is 0.123 e. The second kappa shape index (κ2) is 7.04. The Bertz CT molecular complexity index is 383. The molecule has 1 aromatic carbocycles. The number of benzene rings is 1. The van der Waals surface area contributed by atoms with Gasteiger partial charge in [-0.15, -0.1) is 0 Å². The molecule has 1 fully saturated rings. The summed E-state index contributed by atoms with van der Waals surface area (Å²) in [6, 6.07) is 7.36. The molecular formula is C17H26FN. The summed E-state index contributed by atoms with van der Waals surface area (Å²) in [4.78, 5) is 0. The molecule has 1 N–H and O–H groups in total. The first-order valence-electron chi connectivity index (χ1n) is 7.61. The Morgan fingerprint density at radius 3 is 2.68 bits per heavy atom. The maximum absolute atomic E-state index is 13.1. The molecule has 1 aliphatic carbocycles. The third-order valence-electron chi connectivity index (χ3n) is 4.32. The van der Waals surface area contributed by atoms with Crippen molar-refractivity contribution in [3.63, 3.8) is 0 Å². The Balaban J connectivity index is 1.71. The van der Waals surface area contributed by atoms with Gasteiger partial charge in [0.05, 0.1) is 0 Å². The van der Waals surface area contributed by atoms with E-state index in [1.807, 2.05) is 6.07 Å². The van der Waals surface area contributed by atoms with Gasteiger partial charge in [0, 0.05) is 6.04 Å². The second-order valence-electron chi connectivity index (χ2n) is 6.27. The van der Waals surface area contributed by atoms with Gasteiger partial charge >= 0.3 is 0 Å². The Kier molecular flexibility index (Phi) is 5.38. The van der Waals surface area contributed by atoms with Crippen molar-refractivity contribution in [1.82, 2.24) is 5.32 Å². The number of rotatable bonds is 5. The fourth-order valence-electron chi connectivity index (χ4n) is 2.99. The average Bonchev–Trinajstić information content (AvgIpc) is 2.38. The van der Waals surface area contributed by atoms with Gasteiger partial charge in [-0.05, 0) is 62.3 Å². The number of hydrogen-bond donors (Lipinski definition) is 1. The van der Waals surface area contributed by atoms with E-state index in [1.165, 1.54) is 31.7 Å². The van der Waals surface area contributed by atoms with Crippen molar-refractivity contribution in [2.75, 3.05) is 6.54 Å². The van der Waals surface area contributed by atoms with Crippen LogP contribution in [0.2, 0.25) is 0 Å². The van der Waals surface area contributed by atoms with Gasteiger partial charge in [0.1, 0.15) is 5.82 Å². The van der Waals surface area contributed by atoms with Gasteiger partial charge in [-0.25, -0.2) is 4.39 Å². The zero-order chi connectivity index (χ0) is 13.7. The number of hydrogen-bond acceptors (Lipinski definition) is 1. The molecule has 0 bridgehead atoms. The lowest BCUT2D eigenvalue weighted by molar-refractivity contribution is 0.275. The van der Waals surface area contributed by atoms with E-state index in [9.17, 15) is 4.39 Å². The van der Waals surface area contributed by atoms with Gasteiger partial charge in [0.25, 0.3) is 0 Å². The molecule has 0 saturated heterocycles. The van der Waals surface area contributed by atoms with Crippen LogP contribution in [0.1, 0.15) is 45.1 Å². The molecule has 0 spiro atoms. The summed E-state index contributed by atoms with van der Waals surface area (Å²) in [5.74, 6) is 1.62. The van der Waals surface area contributed by atoms with Crippen molar-refractivity contribution in [2.45, 2.75) is 52.0 Å². The lowest BCUT2D eigenvalue weighted by Crippen LogP contribution is -2.34. The monoisotopic (exact) mass is 263 g/mol. The maximum atomic E-state index is 13.1. The predicted molar refractivity (Wildman–Crippen MR) is 78.7 cm³/mol. The van der Waals surface area contributed by atoms with E-state index >= 15 is 0 Å². The van der Waals surface area contributed by atoms with Crippen LogP contribution >= 0.6 is 0 Å². The van der Waals surface area contributed by atoms with Crippen LogP contribution in [-0.4, -0.2) is 12.6 Å². The lowest BCUT2D eigenvalue weighted by atomic mass is 9.83. The third kappa shape index (κ3) is 4.94. The Labute approximate surface area is 116 Å². The summed E-state index contributed by atoms with van der Waals surface area (Å²) < 4.78 is 13.1. The normalized spacial score (nSPS) is 25.2. The highest BCUT2D eigenvalue weighted by molar-refractivity contribution is 5.17. The van der Waals surface area contributed by atoms with E-state index in [-0.39, 0.29) is 5.82 Å². The van der Waals surface area contributed by atoms with Crippen molar-refractivity contribution in [1.29, 1.82) is 0 Å². The van der Waals surface area contributed by atoms with Crippen molar-refractivity contribution in [3.05, 3.63) is 35.6 Å². The SMILES string of the molecule is CC1CCC(CNC(C)Cc2cccc(F)c2)CC1. The summed E-state index contributed by atoms with van der Waals surface area (Å²) in [6.45, 7) is 5.66. The van der Waals surface area contributed by atoms with Crippen molar-refractivity contribution >= 4 is 0 Å². The molecule has 0 amide bonds. The van der Waals surface area contributed by atoms with Gasteiger partial charge in [0.15, 0.2) is 0 Å². The van der Waals surface area contributed by atoms with E-state index in [1.54, 1.807) is 12.1 Å². The molecule has 2 rings (SSSR count). The molecule has 106 valence electrons. The van der Waals surface area contributed by atoms with Crippen LogP contribution in [0.3, 0.4) is 0 Å². The zero-order valence-corrected chi connectivity index (χ0v) is 12.2. The Hall–Kier alpha value is -0.890. The minimum Gasteiger partial charge on any atom is -0.314 e. The molecule has 1 atom stereocenters. The average molecular weight is 263 g/mol. The van der Waals surface area contributed by atoms with Crippen LogP contribution in [0.15, 0.2) is 24.3 Å². The quantitative estimate of drug-likeness (QED) is 0.840. The summed E-state index contributed by atoms with van der Waals surface area (Å²) in [5, 5.41) is 3.61. The third-order valence-corrected chi connectivity index (χ3v) is 4.32. The lowest BCUT2D eigenvalue weighted by Gasteiger charge is -2.27. The molecule has 0 aliphatic heterocycles. The fourth-order valence-corrected chi connectivity index (χ4v) is 2.99. The summed E-state index contributed by atoms with van der Waals surface area (Å²) in [6.07, 6.45) is 6.39. The highest BCUT2D eigenvalue weighted by atomic mass is 19.1. The second-order valence-corrected chi connectivity index (χ2v) is 6.27. The first kappa shape index (κ1) is 14.5. The van der Waals surface area contributed by atoms with Crippen molar-refractivity contribution < 1.29 is 4.39 Å². The van der Waals surface area contributed by atoms with Gasteiger partial charge in [-0.1, -0.05) is 31.9 Å². The molecule has 0 heterocycles. The van der Waals surface area contributed by atoms with Crippen LogP contribution in [0.25, 0.3) is 0 Å². The molecule has 1 aliphatic rings. The molecule has 1 aromatic rings. The summed E-state index contributed by atoms with van der Waals surface area (Å²) >= 11 is 0. The zero-order valence-electron chi connectivity index (χ0n) is 12.2. The molecular weight excluding hydrogens is 237 g/mol. The molecule has 1 saturated carbocycles. The van der Waals surface area contributed by atoms with E-state index in [0.717, 1.165) is 30.4 Å². The smallest absolute Gasteiger partial charge is 0.123 e. The molecule has 0 aromatic heterocycles. The molecule has 0 radical (unpaired) electrons. The molecule has 19 heavy (non-hydrogen) atoms. The Morgan fingerprint density at radius 2 is 2.00 bits per heavy atom. The van der Waals surface area contributed by atoms with Gasteiger partial charge in [-0.2, -0.15) is 0 Å². The first-order chi connectivity index (χ1) is 9.13. The predicted octanol–water partition coefficient (Wildman–Crippen LogP) is 4.17. The highest BCUT2D eigenvalue weighted by Gasteiger charge is 2.18. The van der Waals surface area contributed by atoms with Gasteiger partial charge in [0.2, 0.25) is 0 Å². The van der Waals surface area contributed by atoms with Crippen LogP contribution in [0.5, 0.6) is 0 Å². The molecule has 1 unspecified atom stereocenters. The van der Waals surface area contributed by atoms with E-state index < -0.39 is 0 Å². The van der Waals surface area contributed by atoms with Crippen molar-refractivity contribution in [2.24, 2.45) is 11.8 Å². The number of nitrogens with one attached hydrogen (secondary N) is 1. The van der Waals surface area contributed by atoms with E-state index in [2.05, 4.69) is 19.2 Å². The largest absolute Gasteiger partial charge is 0.314 e. The standard InChI is InChI=1S/C17H26FN/c1-13-6-8-15(9-7-13)12-19-14(2)10-16-4-3-5-17(18)11-16/h3-5,11,13-15,19H,6-10,12H2,1-2H3. The number of halogens is 1. The minimum absolute atomic E-state index is 0.133. The minimum atomic E-state index is -0.133. The van der Waals surface area contributed by atoms with Gasteiger partial charge < -0.3 is 5.32 Å². The van der Waals surface area contributed by atoms with Crippen LogP contribution in [-0.2, 0) is 6.42 Å². The van der Waals surface area contributed by atoms with Crippen LogP contribution in [0.4, 0.5) is 4.39 Å². The van der Waals surface area contributed by atoms with Crippen LogP contribution in [0, 0.1) is 17.7 Å². The summed E-state index contributed by atoms with van der Waals surface area (Å²) in [7, 11) is 0. The van der Waals surface area contributed by atoms with Crippen molar-refractivity contribution in [3.8, 4) is 0 Å². The molecule has 2 heteroatoms. The summed E-state index contributed by atoms with van der Waals surface area (Å²) in [5.41, 5.74) is 1.08. The first-order valence-corrected chi connectivity index (χ1v) is 7.61. The van der Waals surface area contributed by atoms with Crippen LogP contribution < -0.4 is 5.32 Å². The van der Waals surface area contributed by atoms with Gasteiger partial charge in [-0.3, -0.25) is 0 Å². The fraction of sp³-hybridized carbons (Fsp3) is 0.647. The highest BCUT2D eigenvalue weighted by Crippen LogP contribution is 2.27. The van der Waals surface area contributed by atoms with E-state index in [0.29, 0.717) is 6.04 Å². The molecule has 1 nitrogen and oxygen atoms in total. The topological polar surface area (TPSA) is 12.0 Å². The van der Waals surface area contributed by atoms with E-state index in [4.69, 9.17) is 0 Å². The Morgan fingerprint density at radius 1 is 1.26 bits per heavy atom.